The van der Waals surface area contributed by atoms with Gasteiger partial charge in [-0.25, -0.2) is 0 Å². The average molecular weight is 515 g/mol. The molecule has 4 heterocycles. The largest absolute Gasteiger partial charge is 0.458 e. The summed E-state index contributed by atoms with van der Waals surface area (Å²) in [4.78, 5) is 0. The van der Waals surface area contributed by atoms with Crippen LogP contribution in [-0.2, 0) is 0 Å². The van der Waals surface area contributed by atoms with E-state index in [2.05, 4.69) is 72.2 Å². The van der Waals surface area contributed by atoms with E-state index in [9.17, 15) is 10.5 Å². The van der Waals surface area contributed by atoms with E-state index >= 15 is 0 Å². The summed E-state index contributed by atoms with van der Waals surface area (Å²) in [5, 5.41) is 20.7. The smallest absolute Gasteiger partial charge is 0.270 e. The Morgan fingerprint density at radius 3 is 1.85 bits per heavy atom. The monoisotopic (exact) mass is 515 g/mol. The number of hydrogen-bond donors (Lipinski definition) is 0. The number of para-hydroxylation sites is 1. The van der Waals surface area contributed by atoms with E-state index in [0.717, 1.165) is 34.0 Å². The van der Waals surface area contributed by atoms with Gasteiger partial charge in [-0.2, -0.15) is 10.5 Å². The minimum absolute atomic E-state index is 0.192. The van der Waals surface area contributed by atoms with Crippen LogP contribution in [0.2, 0.25) is 0 Å². The molecule has 0 saturated carbocycles. The number of rotatable bonds is 1. The van der Waals surface area contributed by atoms with E-state index in [1.165, 1.54) is 16.6 Å². The Hall–Kier alpha value is -5.40. The molecule has 3 aliphatic heterocycles. The molecule has 0 saturated heterocycles. The van der Waals surface area contributed by atoms with Gasteiger partial charge in [0, 0.05) is 51.1 Å². The van der Waals surface area contributed by atoms with Crippen LogP contribution in [0, 0.1) is 22.7 Å². The highest BCUT2D eigenvalue weighted by molar-refractivity contribution is 6.99. The first-order valence-corrected chi connectivity index (χ1v) is 13.3. The number of allylic oxidation sites excluding steroid dienone is 1. The molecule has 1 unspecified atom stereocenters. The lowest BCUT2D eigenvalue weighted by Gasteiger charge is -2.38. The molecule has 1 aliphatic carbocycles. The molecule has 40 heavy (non-hydrogen) atoms. The molecule has 0 bridgehead atoms. The van der Waals surface area contributed by atoms with Crippen molar-refractivity contribution in [2.45, 2.75) is 19.3 Å². The van der Waals surface area contributed by atoms with Gasteiger partial charge in [0.15, 0.2) is 0 Å². The van der Waals surface area contributed by atoms with Crippen molar-refractivity contribution in [1.29, 1.82) is 10.5 Å². The molecule has 4 aromatic carbocycles. The first kappa shape index (κ1) is 21.5. The van der Waals surface area contributed by atoms with Gasteiger partial charge in [0.2, 0.25) is 0 Å². The van der Waals surface area contributed by atoms with Crippen LogP contribution in [-0.4, -0.2) is 11.3 Å². The Bertz CT molecular complexity index is 2030. The van der Waals surface area contributed by atoms with Crippen LogP contribution in [0.25, 0.3) is 22.7 Å². The molecule has 1 aromatic heterocycles. The third-order valence-corrected chi connectivity index (χ3v) is 8.53. The fourth-order valence-electron chi connectivity index (χ4n) is 6.92. The maximum Gasteiger partial charge on any atom is 0.270 e. The first-order chi connectivity index (χ1) is 19.6. The highest BCUT2D eigenvalue weighted by Crippen LogP contribution is 2.45. The molecule has 7 heteroatoms. The van der Waals surface area contributed by atoms with E-state index in [0.29, 0.717) is 51.5 Å². The summed E-state index contributed by atoms with van der Waals surface area (Å²) in [5.41, 5.74) is 8.17. The molecule has 1 atom stereocenters. The summed E-state index contributed by atoms with van der Waals surface area (Å²) in [6, 6.07) is 24.2. The number of nitrogens with zero attached hydrogens (tertiary/aromatic N) is 3. The van der Waals surface area contributed by atoms with Crippen molar-refractivity contribution in [3.05, 3.63) is 89.1 Å². The topological polar surface area (TPSA) is 80.2 Å². The molecule has 6 nitrogen and oxygen atoms in total. The molecule has 186 valence electrons. The number of aromatic nitrogens is 1. The second-order valence-corrected chi connectivity index (χ2v) is 10.8. The molecule has 9 rings (SSSR count). The van der Waals surface area contributed by atoms with E-state index in [1.54, 1.807) is 24.3 Å². The summed E-state index contributed by atoms with van der Waals surface area (Å²) in [6.45, 7) is 2.07. The molecule has 0 N–H and O–H groups in total. The van der Waals surface area contributed by atoms with E-state index in [1.807, 2.05) is 0 Å². The van der Waals surface area contributed by atoms with Crippen LogP contribution in [0.1, 0.15) is 41.6 Å². The third-order valence-electron chi connectivity index (χ3n) is 8.53. The van der Waals surface area contributed by atoms with Gasteiger partial charge < -0.3 is 18.8 Å². The zero-order valence-corrected chi connectivity index (χ0v) is 21.4. The van der Waals surface area contributed by atoms with Crippen LogP contribution in [0.4, 0.5) is 0 Å². The van der Waals surface area contributed by atoms with Crippen LogP contribution in [0.15, 0.2) is 66.7 Å². The van der Waals surface area contributed by atoms with Gasteiger partial charge in [-0.15, -0.1) is 0 Å². The van der Waals surface area contributed by atoms with Crippen molar-refractivity contribution in [1.82, 2.24) is 4.57 Å². The number of benzene rings is 4. The summed E-state index contributed by atoms with van der Waals surface area (Å²) in [6.07, 6.45) is 5.45. The summed E-state index contributed by atoms with van der Waals surface area (Å²) < 4.78 is 21.7. The fourth-order valence-corrected chi connectivity index (χ4v) is 6.92. The van der Waals surface area contributed by atoms with Crippen LogP contribution in [0.3, 0.4) is 0 Å². The molecule has 0 spiro atoms. The highest BCUT2D eigenvalue weighted by Gasteiger charge is 2.47. The van der Waals surface area contributed by atoms with Crippen LogP contribution < -0.4 is 30.6 Å². The third kappa shape index (κ3) is 2.61. The number of nitriles is 2. The summed E-state index contributed by atoms with van der Waals surface area (Å²) >= 11 is 0. The summed E-state index contributed by atoms with van der Waals surface area (Å²) in [7, 11) is 0. The van der Waals surface area contributed by atoms with Crippen molar-refractivity contribution in [3.8, 4) is 52.3 Å². The van der Waals surface area contributed by atoms with Gasteiger partial charge in [-0.05, 0) is 36.8 Å². The van der Waals surface area contributed by atoms with Gasteiger partial charge in [0.1, 0.15) is 34.5 Å². The quantitative estimate of drug-likeness (QED) is 0.261. The Labute approximate surface area is 229 Å². The zero-order chi connectivity index (χ0) is 26.7. The average Bonchev–Trinajstić information content (AvgIpc) is 3.32. The van der Waals surface area contributed by atoms with Crippen molar-refractivity contribution in [2.24, 2.45) is 0 Å². The number of hydrogen-bond acceptors (Lipinski definition) is 5. The van der Waals surface area contributed by atoms with Gasteiger partial charge in [0.25, 0.3) is 6.71 Å². The van der Waals surface area contributed by atoms with Crippen molar-refractivity contribution in [3.63, 3.8) is 0 Å². The highest BCUT2D eigenvalue weighted by atomic mass is 16.5. The summed E-state index contributed by atoms with van der Waals surface area (Å²) in [5.74, 6) is 4.07. The van der Waals surface area contributed by atoms with Crippen molar-refractivity contribution < 1.29 is 14.2 Å². The Balaban J connectivity index is 1.36. The van der Waals surface area contributed by atoms with Crippen molar-refractivity contribution in [2.75, 3.05) is 0 Å². The zero-order valence-electron chi connectivity index (χ0n) is 21.4. The van der Waals surface area contributed by atoms with Crippen LogP contribution >= 0.6 is 0 Å². The molecule has 0 amide bonds. The van der Waals surface area contributed by atoms with Gasteiger partial charge in [0.05, 0.1) is 34.5 Å². The number of ether oxygens (including phenoxy) is 3. The predicted molar refractivity (Wildman–Crippen MR) is 153 cm³/mol. The second-order valence-electron chi connectivity index (χ2n) is 10.8. The predicted octanol–water partition coefficient (Wildman–Crippen LogP) is 5.73. The Kier molecular flexibility index (Phi) is 3.97. The first-order valence-electron chi connectivity index (χ1n) is 13.3. The lowest BCUT2D eigenvalue weighted by molar-refractivity contribution is 0.442. The molecular formula is C33H18BN3O3. The van der Waals surface area contributed by atoms with Crippen LogP contribution in [0.5, 0.6) is 34.5 Å². The van der Waals surface area contributed by atoms with Gasteiger partial charge >= 0.3 is 0 Å². The maximum absolute atomic E-state index is 9.74. The van der Waals surface area contributed by atoms with Gasteiger partial charge in [-0.3, -0.25) is 0 Å². The van der Waals surface area contributed by atoms with E-state index in [4.69, 9.17) is 14.2 Å². The van der Waals surface area contributed by atoms with E-state index in [-0.39, 0.29) is 6.71 Å². The number of fused-ring (bicyclic) bond motifs is 3. The molecule has 5 aromatic rings. The maximum atomic E-state index is 9.74. The Morgan fingerprint density at radius 1 is 0.775 bits per heavy atom. The molecular weight excluding hydrogens is 497 g/mol. The normalized spacial score (nSPS) is 16.2. The lowest BCUT2D eigenvalue weighted by atomic mass is 9.34. The van der Waals surface area contributed by atoms with Gasteiger partial charge in [-0.1, -0.05) is 37.3 Å². The van der Waals surface area contributed by atoms with E-state index < -0.39 is 0 Å². The second kappa shape index (κ2) is 7.37. The standard InChI is InChI=1S/C33H18BN3O3/c1-17-5-4-7-22-21-6-2-3-8-23(21)37(33(17)22)20-13-28-32-29(14-20)40-27-12-19(16-36)10-25-31(27)34(32)30-24(38-25)9-18(15-35)11-26(30)39-28/h2-4,6-14,17H,5H2,1H3. The minimum atomic E-state index is -0.192. The lowest BCUT2D eigenvalue weighted by Crippen LogP contribution is -2.59. The molecule has 0 radical (unpaired) electrons. The molecule has 0 fully saturated rings. The van der Waals surface area contributed by atoms with Crippen molar-refractivity contribution >= 4 is 40.1 Å². The fraction of sp³-hybridized carbons (Fsp3) is 0.0909. The Morgan fingerprint density at radius 2 is 1.30 bits per heavy atom. The minimum Gasteiger partial charge on any atom is -0.458 e. The molecule has 4 aliphatic rings. The SMILES string of the molecule is CC1CC=Cc2c1n(-c1cc3c4c(c1)Oc1cc(C#N)cc5c1B4c1c(cc(C#N)cc1O3)O5)c1ccccc21.